The molecule has 0 aromatic heterocycles. The first kappa shape index (κ1) is 12.4. The first-order valence-corrected chi connectivity index (χ1v) is 11.4. The maximum atomic E-state index is 6.22. The average Bonchev–Trinajstić information content (AvgIpc) is 2.04. The SMILES string of the molecule is CCC[Si]([SiH3])(CCC)C(N)CC. The molecule has 0 aromatic rings. The van der Waals surface area contributed by atoms with Crippen LogP contribution in [0.4, 0.5) is 0 Å². The molecule has 0 radical (unpaired) electrons. The molecule has 0 aliphatic rings. The second kappa shape index (κ2) is 5.94. The molecule has 1 atom stereocenters. The van der Waals surface area contributed by atoms with Crippen LogP contribution in [-0.2, 0) is 0 Å². The van der Waals surface area contributed by atoms with Crippen molar-refractivity contribution < 1.29 is 0 Å². The highest BCUT2D eigenvalue weighted by molar-refractivity contribution is 7.18. The molecule has 0 spiro atoms. The molecule has 0 aromatic carbocycles. The predicted molar refractivity (Wildman–Crippen MR) is 64.2 cm³/mol. The van der Waals surface area contributed by atoms with Gasteiger partial charge in [-0.3, -0.25) is 0 Å². The van der Waals surface area contributed by atoms with Gasteiger partial charge in [0, 0.05) is 9.76 Å². The van der Waals surface area contributed by atoms with E-state index in [9.17, 15) is 0 Å². The van der Waals surface area contributed by atoms with E-state index in [4.69, 9.17) is 5.73 Å². The highest BCUT2D eigenvalue weighted by atomic mass is 29.2. The van der Waals surface area contributed by atoms with Crippen molar-refractivity contribution >= 4 is 17.4 Å². The summed E-state index contributed by atoms with van der Waals surface area (Å²) >= 11 is 0. The summed E-state index contributed by atoms with van der Waals surface area (Å²) in [5.74, 6) is 0. The van der Waals surface area contributed by atoms with Gasteiger partial charge in [0.05, 0.1) is 7.59 Å². The van der Waals surface area contributed by atoms with Gasteiger partial charge in [-0.1, -0.05) is 45.7 Å². The van der Waals surface area contributed by atoms with Crippen molar-refractivity contribution in [2.24, 2.45) is 5.73 Å². The van der Waals surface area contributed by atoms with Crippen molar-refractivity contribution in [1.82, 2.24) is 0 Å². The molecule has 0 aliphatic heterocycles. The molecule has 0 saturated heterocycles. The molecule has 12 heavy (non-hydrogen) atoms. The number of nitrogens with two attached hydrogens (primary N) is 1. The van der Waals surface area contributed by atoms with Crippen molar-refractivity contribution in [1.29, 1.82) is 0 Å². The van der Waals surface area contributed by atoms with Crippen LogP contribution < -0.4 is 5.73 Å². The third kappa shape index (κ3) is 3.41. The van der Waals surface area contributed by atoms with Crippen molar-refractivity contribution in [3.05, 3.63) is 0 Å². The van der Waals surface area contributed by atoms with E-state index in [1.807, 2.05) is 0 Å². The summed E-state index contributed by atoms with van der Waals surface area (Å²) in [6.07, 6.45) is 3.91. The van der Waals surface area contributed by atoms with Crippen LogP contribution in [-0.4, -0.2) is 23.0 Å². The van der Waals surface area contributed by atoms with Gasteiger partial charge >= 0.3 is 0 Å². The molecule has 0 bridgehead atoms. The van der Waals surface area contributed by atoms with Crippen molar-refractivity contribution in [3.8, 4) is 0 Å². The van der Waals surface area contributed by atoms with Gasteiger partial charge in [0.25, 0.3) is 0 Å². The number of rotatable bonds is 6. The molecule has 0 rings (SSSR count). The zero-order chi connectivity index (χ0) is 9.61. The lowest BCUT2D eigenvalue weighted by molar-refractivity contribution is 0.797. The summed E-state index contributed by atoms with van der Waals surface area (Å²) in [5.41, 5.74) is 6.81. The summed E-state index contributed by atoms with van der Waals surface area (Å²) in [7, 11) is 0.459. The third-order valence-electron chi connectivity index (χ3n) is 2.98. The molecular weight excluding hydrogens is 178 g/mol. The molecule has 1 nitrogen and oxygen atoms in total. The molecule has 0 amide bonds. The van der Waals surface area contributed by atoms with Gasteiger partial charge in [0.2, 0.25) is 0 Å². The molecule has 0 aliphatic carbocycles. The van der Waals surface area contributed by atoms with Gasteiger partial charge in [0.15, 0.2) is 0 Å². The second-order valence-corrected chi connectivity index (χ2v) is 15.2. The van der Waals surface area contributed by atoms with Crippen molar-refractivity contribution in [2.45, 2.75) is 57.8 Å². The highest BCUT2D eigenvalue weighted by Gasteiger charge is 2.30. The van der Waals surface area contributed by atoms with E-state index in [1.165, 1.54) is 41.1 Å². The van der Waals surface area contributed by atoms with Crippen LogP contribution in [0.2, 0.25) is 12.1 Å². The Kier molecular flexibility index (Phi) is 6.14. The van der Waals surface area contributed by atoms with Crippen LogP contribution in [0, 0.1) is 0 Å². The minimum Gasteiger partial charge on any atom is -0.331 e. The molecule has 1 unspecified atom stereocenters. The average molecular weight is 203 g/mol. The number of hydrogen-bond acceptors (Lipinski definition) is 1. The summed E-state index contributed by atoms with van der Waals surface area (Å²) in [4.78, 5) is 0. The van der Waals surface area contributed by atoms with Crippen LogP contribution in [0.25, 0.3) is 0 Å². The third-order valence-corrected chi connectivity index (χ3v) is 13.7. The Morgan fingerprint density at radius 2 is 1.58 bits per heavy atom. The summed E-state index contributed by atoms with van der Waals surface area (Å²) in [6.45, 7) is 6.85. The van der Waals surface area contributed by atoms with E-state index < -0.39 is 7.59 Å². The normalized spacial score (nSPS) is 15.0. The van der Waals surface area contributed by atoms with E-state index in [1.54, 1.807) is 0 Å². The Morgan fingerprint density at radius 3 is 1.83 bits per heavy atom. The molecule has 74 valence electrons. The van der Waals surface area contributed by atoms with Gasteiger partial charge in [0.1, 0.15) is 0 Å². The standard InChI is InChI=1S/C9H25NSi2/c1-4-7-12(11,8-5-2)9(10)6-3/h9H,4-8,10H2,1-3,11H3. The van der Waals surface area contributed by atoms with Crippen LogP contribution in [0.1, 0.15) is 40.0 Å². The summed E-state index contributed by atoms with van der Waals surface area (Å²) < 4.78 is 0. The van der Waals surface area contributed by atoms with Gasteiger partial charge < -0.3 is 5.73 Å². The second-order valence-electron chi connectivity index (χ2n) is 4.17. The van der Waals surface area contributed by atoms with Crippen LogP contribution >= 0.6 is 0 Å². The van der Waals surface area contributed by atoms with Crippen LogP contribution in [0.15, 0.2) is 0 Å². The van der Waals surface area contributed by atoms with E-state index >= 15 is 0 Å². The Bertz CT molecular complexity index is 111. The Balaban J connectivity index is 4.15. The molecule has 0 heterocycles. The fraction of sp³-hybridized carbons (Fsp3) is 1.00. The maximum absolute atomic E-state index is 6.22. The zero-order valence-electron chi connectivity index (χ0n) is 9.19. The van der Waals surface area contributed by atoms with Crippen LogP contribution in [0.3, 0.4) is 0 Å². The fourth-order valence-corrected chi connectivity index (χ4v) is 10.6. The summed E-state index contributed by atoms with van der Waals surface area (Å²) in [5, 5.41) is 0. The Labute approximate surface area is 81.3 Å². The van der Waals surface area contributed by atoms with Gasteiger partial charge in [-0.2, -0.15) is 0 Å². The lowest BCUT2D eigenvalue weighted by Gasteiger charge is -2.32. The van der Waals surface area contributed by atoms with Crippen molar-refractivity contribution in [2.75, 3.05) is 0 Å². The Hall–Kier alpha value is 0.394. The smallest absolute Gasteiger partial charge is 0.0553 e. The first-order chi connectivity index (χ1) is 5.60. The molecule has 0 fully saturated rings. The van der Waals surface area contributed by atoms with Crippen LogP contribution in [0.5, 0.6) is 0 Å². The van der Waals surface area contributed by atoms with Gasteiger partial charge in [-0.05, 0) is 12.1 Å². The van der Waals surface area contributed by atoms with Crippen molar-refractivity contribution in [3.63, 3.8) is 0 Å². The largest absolute Gasteiger partial charge is 0.331 e. The summed E-state index contributed by atoms with van der Waals surface area (Å²) in [6, 6.07) is 2.95. The van der Waals surface area contributed by atoms with Gasteiger partial charge in [-0.15, -0.1) is 0 Å². The maximum Gasteiger partial charge on any atom is 0.0553 e. The lowest BCUT2D eigenvalue weighted by atomic mass is 10.5. The van der Waals surface area contributed by atoms with Gasteiger partial charge in [-0.25, -0.2) is 0 Å². The monoisotopic (exact) mass is 203 g/mol. The highest BCUT2D eigenvalue weighted by Crippen LogP contribution is 2.20. The number of hydrogen-bond donors (Lipinski definition) is 1. The first-order valence-electron chi connectivity index (χ1n) is 5.36. The Morgan fingerprint density at radius 1 is 1.17 bits per heavy atom. The fourth-order valence-electron chi connectivity index (χ4n) is 2.13. The minimum atomic E-state index is -0.936. The van der Waals surface area contributed by atoms with E-state index in [-0.39, 0.29) is 0 Å². The quantitative estimate of drug-likeness (QED) is 0.649. The topological polar surface area (TPSA) is 26.0 Å². The molecule has 2 N–H and O–H groups in total. The molecule has 3 heteroatoms. The minimum absolute atomic E-state index is 0.587. The van der Waals surface area contributed by atoms with E-state index in [2.05, 4.69) is 20.8 Å². The predicted octanol–water partition coefficient (Wildman–Crippen LogP) is 1.39. The van der Waals surface area contributed by atoms with E-state index in [0.717, 1.165) is 0 Å². The lowest BCUT2D eigenvalue weighted by Crippen LogP contribution is -2.53. The van der Waals surface area contributed by atoms with E-state index in [0.29, 0.717) is 5.67 Å². The molecular formula is C9H25NSi2. The zero-order valence-corrected chi connectivity index (χ0v) is 12.2. The molecule has 0 saturated carbocycles.